The predicted octanol–water partition coefficient (Wildman–Crippen LogP) is -4.01. The Hall–Kier alpha value is 1.37. The molecule has 6 heavy (non-hydrogen) atoms. The van der Waals surface area contributed by atoms with E-state index in [4.69, 9.17) is 15.0 Å². The number of hydrogen-bond donors (Lipinski definition) is 0. The van der Waals surface area contributed by atoms with Crippen LogP contribution in [-0.4, -0.2) is 72.4 Å². The fourth-order valence-corrected chi connectivity index (χ4v) is 0. The maximum absolute atomic E-state index is 8.33. The molecule has 0 N–H and O–H groups in total. The fraction of sp³-hybridized carbons (Fsp3) is 0. The molecule has 0 heterocycles. The van der Waals surface area contributed by atoms with Gasteiger partial charge in [-0.3, -0.25) is 0 Å². The Morgan fingerprint density at radius 1 is 1.33 bits per heavy atom. The minimum absolute atomic E-state index is 0. The van der Waals surface area contributed by atoms with Crippen LogP contribution in [0.15, 0.2) is 0 Å². The predicted molar refractivity (Wildman–Crippen MR) is 21.1 cm³/mol. The van der Waals surface area contributed by atoms with Crippen LogP contribution in [0.5, 0.6) is 0 Å². The van der Waals surface area contributed by atoms with Gasteiger partial charge in [0.15, 0.2) is 17.4 Å². The molecule has 0 aliphatic heterocycles. The van der Waals surface area contributed by atoms with Gasteiger partial charge in [0.2, 0.25) is 0 Å². The number of rotatable bonds is 0. The number of carbonyl (C=O) groups excluding carboxylic acids is 1. The van der Waals surface area contributed by atoms with Gasteiger partial charge < -0.3 is 15.0 Å². The summed E-state index contributed by atoms with van der Waals surface area (Å²) in [6.45, 7) is 0. The molecule has 0 amide bonds. The van der Waals surface area contributed by atoms with Crippen molar-refractivity contribution in [3.05, 3.63) is 0 Å². The van der Waals surface area contributed by atoms with Gasteiger partial charge in [0.05, 0.1) is 0 Å². The summed E-state index contributed by atoms with van der Waals surface area (Å²) in [5.74, 6) is 0. The molecule has 0 saturated carbocycles. The van der Waals surface area contributed by atoms with E-state index >= 15 is 0 Å². The average Bonchev–Trinajstić information content (AvgIpc) is 0.811. The Balaban J connectivity index is -0.0000000450. The minimum Gasteiger partial charge on any atom is -0.652 e. The Morgan fingerprint density at radius 3 is 1.33 bits per heavy atom. The zero-order valence-electron chi connectivity index (χ0n) is 2.43. The summed E-state index contributed by atoms with van der Waals surface area (Å²) in [4.78, 5) is 8.33. The van der Waals surface area contributed by atoms with Crippen LogP contribution in [0.2, 0.25) is 0 Å². The molecule has 0 bridgehead atoms. The maximum atomic E-state index is 8.33. The number of carboxylic acid groups (broad SMARTS) is 2. The third kappa shape index (κ3) is 54.5. The molecule has 0 rings (SSSR count). The first-order chi connectivity index (χ1) is 1.73. The van der Waals surface area contributed by atoms with Crippen LogP contribution in [0, 0.1) is 0 Å². The molecule has 0 fully saturated rings. The second-order valence-electron chi connectivity index (χ2n) is 0.250. The van der Waals surface area contributed by atoms with Crippen molar-refractivity contribution in [1.82, 2.24) is 0 Å². The topological polar surface area (TPSA) is 63.2 Å². The van der Waals surface area contributed by atoms with Gasteiger partial charge in [0.1, 0.15) is 0 Å². The average molecular weight is 227 g/mol. The van der Waals surface area contributed by atoms with Gasteiger partial charge in [0.25, 0.3) is 0 Å². The Kier molecular flexibility index (Phi) is 25.1. The monoisotopic (exact) mass is 228 g/mol. The van der Waals surface area contributed by atoms with Gasteiger partial charge in [-0.1, -0.05) is 0 Å². The summed E-state index contributed by atoms with van der Waals surface area (Å²) in [7, 11) is 0. The van der Waals surface area contributed by atoms with Crippen LogP contribution in [0.3, 0.4) is 0 Å². The van der Waals surface area contributed by atoms with Crippen LogP contribution in [0.1, 0.15) is 0 Å². The first-order valence-corrected chi connectivity index (χ1v) is 0.612. The van der Waals surface area contributed by atoms with E-state index in [1.54, 1.807) is 0 Å². The molecule has 5 heteroatoms. The van der Waals surface area contributed by atoms with Gasteiger partial charge in [0, 0.05) is 0 Å². The summed E-state index contributed by atoms with van der Waals surface area (Å²) < 4.78 is 0. The summed E-state index contributed by atoms with van der Waals surface area (Å²) in [5, 5.41) is 16.7. The third-order valence-corrected chi connectivity index (χ3v) is 0. The van der Waals surface area contributed by atoms with Crippen molar-refractivity contribution in [3.8, 4) is 0 Å². The number of carbonyl (C=O) groups is 1. The van der Waals surface area contributed by atoms with E-state index in [-0.39, 0.29) is 66.2 Å². The summed E-state index contributed by atoms with van der Waals surface area (Å²) in [6, 6.07) is 0. The first kappa shape index (κ1) is 15.7. The second-order valence-corrected chi connectivity index (χ2v) is 0.250. The maximum Gasteiger partial charge on any atom is 2.00 e. The molecule has 0 spiro atoms. The Labute approximate surface area is 85.9 Å². The van der Waals surface area contributed by atoms with Crippen molar-refractivity contribution in [3.63, 3.8) is 0 Å². The van der Waals surface area contributed by atoms with Crippen LogP contribution in [0.25, 0.3) is 0 Å². The van der Waals surface area contributed by atoms with Crippen molar-refractivity contribution < 1.29 is 15.0 Å². The smallest absolute Gasteiger partial charge is 0.652 e. The molecule has 0 aliphatic carbocycles. The summed E-state index contributed by atoms with van der Waals surface area (Å²) >= 11 is 0. The molecule has 0 aromatic rings. The summed E-state index contributed by atoms with van der Waals surface area (Å²) in [6.07, 6.45) is -2.33. The third-order valence-electron chi connectivity index (χ3n) is 0. The first-order valence-electron chi connectivity index (χ1n) is 0.612. The van der Waals surface area contributed by atoms with E-state index in [1.807, 2.05) is 0 Å². The van der Waals surface area contributed by atoms with Crippen molar-refractivity contribution in [1.29, 1.82) is 0 Å². The molecule has 0 radical (unpaired) electrons. The molecule has 3 nitrogen and oxygen atoms in total. The van der Waals surface area contributed by atoms with Gasteiger partial charge in [-0.25, -0.2) is 0 Å². The fourth-order valence-electron chi connectivity index (χ4n) is 0. The van der Waals surface area contributed by atoms with E-state index in [0.717, 1.165) is 0 Å². The van der Waals surface area contributed by atoms with Gasteiger partial charge in [-0.05, 0) is 6.16 Å². The normalized spacial score (nSPS) is 4.00. The summed E-state index contributed by atoms with van der Waals surface area (Å²) in [5.41, 5.74) is 0. The van der Waals surface area contributed by atoms with Gasteiger partial charge >= 0.3 is 48.9 Å². The largest absolute Gasteiger partial charge is 2.00 e. The van der Waals surface area contributed by atoms with Crippen LogP contribution < -0.4 is 10.2 Å². The molecule has 0 unspecified atom stereocenters. The molecule has 0 aliphatic rings. The number of hydrogen-bond acceptors (Lipinski definition) is 3. The van der Waals surface area contributed by atoms with E-state index in [0.29, 0.717) is 0 Å². The van der Waals surface area contributed by atoms with E-state index < -0.39 is 6.16 Å². The Morgan fingerprint density at radius 2 is 1.33 bits per heavy atom. The van der Waals surface area contributed by atoms with E-state index in [9.17, 15) is 0 Å². The van der Waals surface area contributed by atoms with E-state index in [2.05, 4.69) is 0 Å². The molecule has 0 aromatic heterocycles. The quantitative estimate of drug-likeness (QED) is 0.396. The SMILES string of the molecule is O=C([O-])[O-].[AlH3].[Ba+2]. The molecule has 30 valence electrons. The van der Waals surface area contributed by atoms with Gasteiger partial charge in [-0.15, -0.1) is 0 Å². The van der Waals surface area contributed by atoms with E-state index in [1.165, 1.54) is 0 Å². The molecular weight excluding hydrogens is 224 g/mol. The molecular formula is CH3AlBaO3. The van der Waals surface area contributed by atoms with Crippen LogP contribution in [0.4, 0.5) is 4.79 Å². The van der Waals surface area contributed by atoms with Crippen molar-refractivity contribution >= 4 is 72.4 Å². The van der Waals surface area contributed by atoms with Crippen molar-refractivity contribution in [2.75, 3.05) is 0 Å². The zero-order chi connectivity index (χ0) is 3.58. The Bertz CT molecular complexity index is 33.8. The van der Waals surface area contributed by atoms with Crippen molar-refractivity contribution in [2.24, 2.45) is 0 Å². The minimum atomic E-state index is -2.33. The van der Waals surface area contributed by atoms with Gasteiger partial charge in [-0.2, -0.15) is 0 Å². The van der Waals surface area contributed by atoms with Crippen molar-refractivity contribution in [2.45, 2.75) is 0 Å². The van der Waals surface area contributed by atoms with Crippen LogP contribution in [-0.2, 0) is 0 Å². The molecule has 0 aromatic carbocycles. The molecule has 0 atom stereocenters. The standard InChI is InChI=1S/CH2O3.Al.Ba.3H/c2-1(3)4;;;;;/h(H2,2,3,4);;;;;/q;;+2;;;/p-2. The second kappa shape index (κ2) is 9.62. The zero-order valence-corrected chi connectivity index (χ0v) is 6.87. The van der Waals surface area contributed by atoms with Crippen LogP contribution >= 0.6 is 0 Å². The molecule has 0 saturated heterocycles.